The third-order valence-corrected chi connectivity index (χ3v) is 2.44. The average Bonchev–Trinajstić information content (AvgIpc) is 2.44. The van der Waals surface area contributed by atoms with Crippen LogP contribution in [0.25, 0.3) is 0 Å². The summed E-state index contributed by atoms with van der Waals surface area (Å²) in [5, 5.41) is 10.7. The minimum absolute atomic E-state index is 0.328. The summed E-state index contributed by atoms with van der Waals surface area (Å²) in [4.78, 5) is 26.0. The van der Waals surface area contributed by atoms with Gasteiger partial charge < -0.3 is 10.4 Å². The lowest BCUT2D eigenvalue weighted by Crippen LogP contribution is -2.16. The van der Waals surface area contributed by atoms with Crippen LogP contribution < -0.4 is 5.32 Å². The highest BCUT2D eigenvalue weighted by Gasteiger charge is 2.16. The molecule has 1 aromatic heterocycles. The number of nitrogens with zero attached hydrogens (tertiary/aromatic N) is 1. The molecule has 2 aromatic rings. The third-order valence-electron chi connectivity index (χ3n) is 2.44. The normalized spacial score (nSPS) is 10.2. The SMILES string of the molecule is O=C(O)c1cccc(C(=O)Nc2cc(F)cc(F)c2F)n1. The van der Waals surface area contributed by atoms with Gasteiger partial charge in [0.1, 0.15) is 17.2 Å². The van der Waals surface area contributed by atoms with Gasteiger partial charge in [0.25, 0.3) is 5.91 Å². The second kappa shape index (κ2) is 5.61. The van der Waals surface area contributed by atoms with Gasteiger partial charge in [-0.25, -0.2) is 22.9 Å². The first-order valence-corrected chi connectivity index (χ1v) is 5.54. The van der Waals surface area contributed by atoms with E-state index in [0.717, 1.165) is 6.07 Å². The molecule has 0 aliphatic carbocycles. The summed E-state index contributed by atoms with van der Waals surface area (Å²) >= 11 is 0. The number of pyridine rings is 1. The number of hydrogen-bond acceptors (Lipinski definition) is 3. The van der Waals surface area contributed by atoms with Gasteiger partial charge in [0.15, 0.2) is 11.6 Å². The van der Waals surface area contributed by atoms with Crippen LogP contribution in [0.1, 0.15) is 21.0 Å². The molecular weight excluding hydrogens is 289 g/mol. The van der Waals surface area contributed by atoms with Crippen LogP contribution in [-0.2, 0) is 0 Å². The first-order chi connectivity index (χ1) is 9.88. The Morgan fingerprint density at radius 1 is 1.10 bits per heavy atom. The molecular formula is C13H7F3N2O3. The number of amides is 1. The highest BCUT2D eigenvalue weighted by Crippen LogP contribution is 2.19. The molecule has 0 saturated heterocycles. The van der Waals surface area contributed by atoms with Gasteiger partial charge >= 0.3 is 5.97 Å². The zero-order chi connectivity index (χ0) is 15.6. The van der Waals surface area contributed by atoms with Gasteiger partial charge in [-0.2, -0.15) is 0 Å². The van der Waals surface area contributed by atoms with E-state index in [1.54, 1.807) is 0 Å². The summed E-state index contributed by atoms with van der Waals surface area (Å²) in [7, 11) is 0. The average molecular weight is 296 g/mol. The molecule has 21 heavy (non-hydrogen) atoms. The van der Waals surface area contributed by atoms with Gasteiger partial charge in [-0.05, 0) is 12.1 Å². The molecule has 0 radical (unpaired) electrons. The Bertz CT molecular complexity index is 735. The number of benzene rings is 1. The third kappa shape index (κ3) is 3.16. The zero-order valence-electron chi connectivity index (χ0n) is 10.2. The molecule has 0 atom stereocenters. The van der Waals surface area contributed by atoms with Crippen molar-refractivity contribution >= 4 is 17.6 Å². The molecule has 0 aliphatic heterocycles. The van der Waals surface area contributed by atoms with Crippen LogP contribution in [0, 0.1) is 17.5 Å². The first-order valence-electron chi connectivity index (χ1n) is 5.54. The van der Waals surface area contributed by atoms with Gasteiger partial charge in [-0.1, -0.05) is 6.07 Å². The molecule has 5 nitrogen and oxygen atoms in total. The summed E-state index contributed by atoms with van der Waals surface area (Å²) in [6, 6.07) is 4.51. The molecule has 0 saturated carbocycles. The van der Waals surface area contributed by atoms with Crippen molar-refractivity contribution in [2.75, 3.05) is 5.32 Å². The number of aromatic carboxylic acids is 1. The van der Waals surface area contributed by atoms with E-state index in [1.165, 1.54) is 12.1 Å². The maximum absolute atomic E-state index is 13.4. The Balaban J connectivity index is 2.30. The maximum Gasteiger partial charge on any atom is 0.354 e. The lowest BCUT2D eigenvalue weighted by molar-refractivity contribution is 0.0690. The van der Waals surface area contributed by atoms with Gasteiger partial charge in [0.05, 0.1) is 5.69 Å². The smallest absolute Gasteiger partial charge is 0.354 e. The number of carboxylic acids is 1. The van der Waals surface area contributed by atoms with Crippen molar-refractivity contribution in [2.24, 2.45) is 0 Å². The van der Waals surface area contributed by atoms with Gasteiger partial charge in [0, 0.05) is 12.1 Å². The molecule has 0 spiro atoms. The molecule has 2 rings (SSSR count). The number of carbonyl (C=O) groups excluding carboxylic acids is 1. The number of carbonyl (C=O) groups is 2. The van der Waals surface area contributed by atoms with Crippen LogP contribution in [0.15, 0.2) is 30.3 Å². The Labute approximate surface area is 116 Å². The fourth-order valence-corrected chi connectivity index (χ4v) is 1.51. The molecule has 0 unspecified atom stereocenters. The Morgan fingerprint density at radius 3 is 2.43 bits per heavy atom. The van der Waals surface area contributed by atoms with Crippen molar-refractivity contribution in [1.29, 1.82) is 0 Å². The minimum Gasteiger partial charge on any atom is -0.477 e. The summed E-state index contributed by atoms with van der Waals surface area (Å²) in [6.07, 6.45) is 0. The number of aromatic nitrogens is 1. The van der Waals surface area contributed by atoms with E-state index in [0.29, 0.717) is 12.1 Å². The fourth-order valence-electron chi connectivity index (χ4n) is 1.51. The predicted molar refractivity (Wildman–Crippen MR) is 65.5 cm³/mol. The van der Waals surface area contributed by atoms with Crippen LogP contribution in [0.5, 0.6) is 0 Å². The van der Waals surface area contributed by atoms with E-state index in [1.807, 2.05) is 5.32 Å². The van der Waals surface area contributed by atoms with Crippen LogP contribution >= 0.6 is 0 Å². The van der Waals surface area contributed by atoms with Crippen molar-refractivity contribution in [3.05, 3.63) is 59.2 Å². The van der Waals surface area contributed by atoms with Gasteiger partial charge in [0.2, 0.25) is 0 Å². The second-order valence-corrected chi connectivity index (χ2v) is 3.92. The molecule has 0 aliphatic rings. The number of carboxylic acid groups (broad SMARTS) is 1. The van der Waals surface area contributed by atoms with Crippen LogP contribution in [-0.4, -0.2) is 22.0 Å². The number of hydrogen-bond donors (Lipinski definition) is 2. The van der Waals surface area contributed by atoms with E-state index in [2.05, 4.69) is 4.98 Å². The van der Waals surface area contributed by atoms with Crippen molar-refractivity contribution in [2.45, 2.75) is 0 Å². The topological polar surface area (TPSA) is 79.3 Å². The highest BCUT2D eigenvalue weighted by atomic mass is 19.2. The standard InChI is InChI=1S/C13H7F3N2O3/c14-6-4-7(15)11(16)10(5-6)18-12(19)8-2-1-3-9(17-8)13(20)21/h1-5H,(H,18,19)(H,20,21). The molecule has 1 amide bonds. The fraction of sp³-hybridized carbons (Fsp3) is 0. The lowest BCUT2D eigenvalue weighted by Gasteiger charge is -2.07. The van der Waals surface area contributed by atoms with Crippen molar-refractivity contribution in [3.63, 3.8) is 0 Å². The summed E-state index contributed by atoms with van der Waals surface area (Å²) < 4.78 is 39.4. The molecule has 8 heteroatoms. The van der Waals surface area contributed by atoms with E-state index in [4.69, 9.17) is 5.11 Å². The highest BCUT2D eigenvalue weighted by molar-refractivity contribution is 6.03. The molecule has 1 heterocycles. The largest absolute Gasteiger partial charge is 0.477 e. The van der Waals surface area contributed by atoms with Crippen molar-refractivity contribution < 1.29 is 27.9 Å². The van der Waals surface area contributed by atoms with Crippen LogP contribution in [0.2, 0.25) is 0 Å². The van der Waals surface area contributed by atoms with E-state index < -0.39 is 40.7 Å². The predicted octanol–water partition coefficient (Wildman–Crippen LogP) is 2.45. The lowest BCUT2D eigenvalue weighted by atomic mass is 10.2. The van der Waals surface area contributed by atoms with Crippen LogP contribution in [0.3, 0.4) is 0 Å². The number of anilines is 1. The van der Waals surface area contributed by atoms with Gasteiger partial charge in [-0.15, -0.1) is 0 Å². The number of nitrogens with one attached hydrogen (secondary N) is 1. The van der Waals surface area contributed by atoms with Crippen molar-refractivity contribution in [1.82, 2.24) is 4.98 Å². The molecule has 0 bridgehead atoms. The number of rotatable bonds is 3. The molecule has 108 valence electrons. The second-order valence-electron chi connectivity index (χ2n) is 3.92. The molecule has 0 fully saturated rings. The first kappa shape index (κ1) is 14.5. The summed E-state index contributed by atoms with van der Waals surface area (Å²) in [5.41, 5.74) is -1.44. The van der Waals surface area contributed by atoms with Crippen LogP contribution in [0.4, 0.5) is 18.9 Å². The molecule has 2 N–H and O–H groups in total. The zero-order valence-corrected chi connectivity index (χ0v) is 10.2. The van der Waals surface area contributed by atoms with Gasteiger partial charge in [-0.3, -0.25) is 4.79 Å². The summed E-state index contributed by atoms with van der Waals surface area (Å²) in [6.45, 7) is 0. The Morgan fingerprint density at radius 2 is 1.76 bits per heavy atom. The molecule has 1 aromatic carbocycles. The van der Waals surface area contributed by atoms with E-state index >= 15 is 0 Å². The quantitative estimate of drug-likeness (QED) is 0.853. The minimum atomic E-state index is -1.46. The Kier molecular flexibility index (Phi) is 3.88. The van der Waals surface area contributed by atoms with Crippen molar-refractivity contribution in [3.8, 4) is 0 Å². The Hall–Kier alpha value is -2.90. The van der Waals surface area contributed by atoms with E-state index in [-0.39, 0.29) is 5.69 Å². The monoisotopic (exact) mass is 296 g/mol. The maximum atomic E-state index is 13.4. The number of halogens is 3. The van der Waals surface area contributed by atoms with E-state index in [9.17, 15) is 22.8 Å². The summed E-state index contributed by atoms with van der Waals surface area (Å²) in [5.74, 6) is -6.32.